The van der Waals surface area contributed by atoms with Crippen LogP contribution < -0.4 is 16.0 Å². The van der Waals surface area contributed by atoms with Crippen molar-refractivity contribution in [2.45, 2.75) is 43.5 Å². The van der Waals surface area contributed by atoms with E-state index in [4.69, 9.17) is 4.74 Å². The molecule has 1 aromatic rings. The fourth-order valence-corrected chi connectivity index (χ4v) is 4.11. The van der Waals surface area contributed by atoms with Gasteiger partial charge < -0.3 is 15.4 Å². The molecule has 3 rings (SSSR count). The number of hydrogen-bond donors (Lipinski definition) is 3. The lowest BCUT2D eigenvalue weighted by molar-refractivity contribution is -0.123. The minimum absolute atomic E-state index is 0.0488. The maximum absolute atomic E-state index is 12.1. The number of carbonyl (C=O) groups excluding carboxylic acids is 4. The third-order valence-corrected chi connectivity index (χ3v) is 5.94. The molecule has 4 amide bonds. The number of esters is 1. The van der Waals surface area contributed by atoms with E-state index in [1.165, 1.54) is 17.8 Å². The first-order chi connectivity index (χ1) is 13.4. The van der Waals surface area contributed by atoms with Crippen molar-refractivity contribution in [2.24, 2.45) is 5.92 Å². The summed E-state index contributed by atoms with van der Waals surface area (Å²) in [5.41, 5.74) is 0.760. The molecule has 28 heavy (non-hydrogen) atoms. The Balaban J connectivity index is 1.46. The molecule has 1 aromatic carbocycles. The van der Waals surface area contributed by atoms with Crippen molar-refractivity contribution in [3.63, 3.8) is 0 Å². The highest BCUT2D eigenvalue weighted by Crippen LogP contribution is 2.32. The summed E-state index contributed by atoms with van der Waals surface area (Å²) in [5, 5.41) is 7.68. The number of anilines is 1. The molecule has 0 spiro atoms. The standard InChI is InChI=1S/C19H23N3O5S/c1-11-4-2-3-5-13(11)21-19(26)22-16(23)9-27-18(25)12-6-7-15-14(8-12)20-17(24)10-28-15/h6-8,11,13H,2-5,9-10H2,1H3,(H,20,24)(H2,21,22,23,26)/t11-,13+/m1/s1. The lowest BCUT2D eigenvalue weighted by Gasteiger charge is -2.29. The van der Waals surface area contributed by atoms with Crippen LogP contribution in [0.15, 0.2) is 23.1 Å². The second-order valence-corrected chi connectivity index (χ2v) is 8.03. The van der Waals surface area contributed by atoms with E-state index in [2.05, 4.69) is 22.9 Å². The van der Waals surface area contributed by atoms with E-state index in [1.807, 2.05) is 0 Å². The van der Waals surface area contributed by atoms with E-state index in [-0.39, 0.29) is 17.5 Å². The summed E-state index contributed by atoms with van der Waals surface area (Å²) in [6.07, 6.45) is 4.16. The van der Waals surface area contributed by atoms with E-state index in [0.29, 0.717) is 17.4 Å². The summed E-state index contributed by atoms with van der Waals surface area (Å²) in [5.74, 6) is -0.838. The van der Waals surface area contributed by atoms with Crippen molar-refractivity contribution in [3.8, 4) is 0 Å². The van der Waals surface area contributed by atoms with E-state index in [0.717, 1.165) is 30.6 Å². The molecular weight excluding hydrogens is 382 g/mol. The molecule has 8 nitrogen and oxygen atoms in total. The minimum Gasteiger partial charge on any atom is -0.452 e. The fraction of sp³-hybridized carbons (Fsp3) is 0.474. The molecule has 0 radical (unpaired) electrons. The van der Waals surface area contributed by atoms with Crippen molar-refractivity contribution < 1.29 is 23.9 Å². The van der Waals surface area contributed by atoms with Gasteiger partial charge >= 0.3 is 12.0 Å². The topological polar surface area (TPSA) is 114 Å². The normalized spacial score (nSPS) is 21.1. The number of fused-ring (bicyclic) bond motifs is 1. The third kappa shape index (κ3) is 5.25. The molecule has 0 unspecified atom stereocenters. The summed E-state index contributed by atoms with van der Waals surface area (Å²) < 4.78 is 4.97. The molecule has 0 bridgehead atoms. The van der Waals surface area contributed by atoms with Gasteiger partial charge in [0.15, 0.2) is 6.61 Å². The number of urea groups is 1. The summed E-state index contributed by atoms with van der Waals surface area (Å²) >= 11 is 1.38. The predicted octanol–water partition coefficient (Wildman–Crippen LogP) is 2.29. The molecule has 1 fully saturated rings. The fourth-order valence-electron chi connectivity index (χ4n) is 3.32. The van der Waals surface area contributed by atoms with E-state index >= 15 is 0 Å². The van der Waals surface area contributed by atoms with Crippen LogP contribution in [-0.2, 0) is 14.3 Å². The van der Waals surface area contributed by atoms with Crippen LogP contribution in [-0.4, -0.2) is 42.2 Å². The van der Waals surface area contributed by atoms with Crippen LogP contribution in [0.4, 0.5) is 10.5 Å². The van der Waals surface area contributed by atoms with Gasteiger partial charge in [0.25, 0.3) is 5.91 Å². The zero-order valence-corrected chi connectivity index (χ0v) is 16.4. The molecule has 0 aromatic heterocycles. The van der Waals surface area contributed by atoms with Gasteiger partial charge in [0.05, 0.1) is 17.0 Å². The van der Waals surface area contributed by atoms with Crippen LogP contribution in [0.25, 0.3) is 0 Å². The van der Waals surface area contributed by atoms with Gasteiger partial charge in [-0.2, -0.15) is 0 Å². The Morgan fingerprint density at radius 1 is 1.25 bits per heavy atom. The summed E-state index contributed by atoms with van der Waals surface area (Å²) in [4.78, 5) is 48.3. The zero-order chi connectivity index (χ0) is 20.1. The van der Waals surface area contributed by atoms with E-state index in [1.54, 1.807) is 12.1 Å². The van der Waals surface area contributed by atoms with Crippen LogP contribution >= 0.6 is 11.8 Å². The molecule has 9 heteroatoms. The second-order valence-electron chi connectivity index (χ2n) is 7.01. The quantitative estimate of drug-likeness (QED) is 0.663. The second kappa shape index (κ2) is 9.09. The Kier molecular flexibility index (Phi) is 6.56. The molecule has 1 heterocycles. The van der Waals surface area contributed by atoms with Crippen molar-refractivity contribution >= 4 is 41.3 Å². The summed E-state index contributed by atoms with van der Waals surface area (Å²) in [6.45, 7) is 1.51. The lowest BCUT2D eigenvalue weighted by Crippen LogP contribution is -2.48. The molecule has 2 aliphatic rings. The molecule has 3 N–H and O–H groups in total. The predicted molar refractivity (Wildman–Crippen MR) is 104 cm³/mol. The number of amides is 4. The number of thioether (sulfide) groups is 1. The molecule has 150 valence electrons. The summed E-state index contributed by atoms with van der Waals surface area (Å²) in [6, 6.07) is 4.27. The monoisotopic (exact) mass is 405 g/mol. The Bertz CT molecular complexity index is 798. The first-order valence-corrected chi connectivity index (χ1v) is 10.2. The molecule has 0 saturated heterocycles. The molecule has 1 saturated carbocycles. The molecule has 2 atom stereocenters. The van der Waals surface area contributed by atoms with Crippen LogP contribution in [0.2, 0.25) is 0 Å². The van der Waals surface area contributed by atoms with E-state index in [9.17, 15) is 19.2 Å². The Hall–Kier alpha value is -2.55. The average Bonchev–Trinajstić information content (AvgIpc) is 2.67. The number of carbonyl (C=O) groups is 4. The molecular formula is C19H23N3O5S. The third-order valence-electron chi connectivity index (χ3n) is 4.86. The molecule has 1 aliphatic carbocycles. The van der Waals surface area contributed by atoms with Crippen LogP contribution in [0.3, 0.4) is 0 Å². The molecule has 1 aliphatic heterocycles. The Labute approximate surface area is 167 Å². The van der Waals surface area contributed by atoms with Gasteiger partial charge in [0, 0.05) is 10.9 Å². The number of nitrogens with one attached hydrogen (secondary N) is 3. The summed E-state index contributed by atoms with van der Waals surface area (Å²) in [7, 11) is 0. The van der Waals surface area contributed by atoms with Crippen molar-refractivity contribution in [3.05, 3.63) is 23.8 Å². The van der Waals surface area contributed by atoms with Crippen molar-refractivity contribution in [1.29, 1.82) is 0 Å². The zero-order valence-electron chi connectivity index (χ0n) is 15.6. The van der Waals surface area contributed by atoms with Crippen molar-refractivity contribution in [1.82, 2.24) is 10.6 Å². The van der Waals surface area contributed by atoms with Crippen LogP contribution in [0.1, 0.15) is 43.0 Å². The first-order valence-electron chi connectivity index (χ1n) is 9.26. The number of rotatable bonds is 4. The van der Waals surface area contributed by atoms with Crippen LogP contribution in [0, 0.1) is 5.92 Å². The van der Waals surface area contributed by atoms with Crippen LogP contribution in [0.5, 0.6) is 0 Å². The maximum Gasteiger partial charge on any atom is 0.338 e. The van der Waals surface area contributed by atoms with Gasteiger partial charge in [-0.3, -0.25) is 14.9 Å². The van der Waals surface area contributed by atoms with Gasteiger partial charge in [-0.25, -0.2) is 9.59 Å². The number of imide groups is 1. The smallest absolute Gasteiger partial charge is 0.338 e. The number of benzene rings is 1. The maximum atomic E-state index is 12.1. The highest BCUT2D eigenvalue weighted by molar-refractivity contribution is 8.00. The van der Waals surface area contributed by atoms with Gasteiger partial charge in [-0.05, 0) is 37.0 Å². The average molecular weight is 405 g/mol. The van der Waals surface area contributed by atoms with Gasteiger partial charge in [-0.15, -0.1) is 11.8 Å². The van der Waals surface area contributed by atoms with Gasteiger partial charge in [0.1, 0.15) is 0 Å². The first kappa shape index (κ1) is 20.2. The van der Waals surface area contributed by atoms with Crippen molar-refractivity contribution in [2.75, 3.05) is 17.7 Å². The van der Waals surface area contributed by atoms with Gasteiger partial charge in [-0.1, -0.05) is 19.8 Å². The lowest BCUT2D eigenvalue weighted by atomic mass is 9.86. The number of ether oxygens (including phenoxy) is 1. The minimum atomic E-state index is -0.705. The van der Waals surface area contributed by atoms with E-state index < -0.39 is 24.5 Å². The largest absolute Gasteiger partial charge is 0.452 e. The number of hydrogen-bond acceptors (Lipinski definition) is 6. The van der Waals surface area contributed by atoms with Gasteiger partial charge in [0.2, 0.25) is 5.91 Å². The Morgan fingerprint density at radius 2 is 2.04 bits per heavy atom. The highest BCUT2D eigenvalue weighted by atomic mass is 32.2. The Morgan fingerprint density at radius 3 is 2.82 bits per heavy atom. The SMILES string of the molecule is C[C@@H]1CCCC[C@@H]1NC(=O)NC(=O)COC(=O)c1ccc2c(c1)NC(=O)CS2. The highest BCUT2D eigenvalue weighted by Gasteiger charge is 2.24.